The van der Waals surface area contributed by atoms with E-state index >= 15 is 0 Å². The van der Waals surface area contributed by atoms with Crippen LogP contribution >= 0.6 is 0 Å². The van der Waals surface area contributed by atoms with Crippen molar-refractivity contribution in [2.45, 2.75) is 31.3 Å². The summed E-state index contributed by atoms with van der Waals surface area (Å²) in [6.07, 6.45) is 3.21. The first-order valence-corrected chi connectivity index (χ1v) is 5.80. The SMILES string of the molecule is OCC1CC(c2ccc(C3CC3)cc2)=NO1. The van der Waals surface area contributed by atoms with Gasteiger partial charge in [-0.05, 0) is 29.9 Å². The second kappa shape index (κ2) is 3.91. The Morgan fingerprint density at radius 3 is 2.56 bits per heavy atom. The molecule has 0 amide bonds. The summed E-state index contributed by atoms with van der Waals surface area (Å²) in [5.74, 6) is 0.793. The third-order valence-electron chi connectivity index (χ3n) is 3.23. The van der Waals surface area contributed by atoms with Crippen LogP contribution in [0.2, 0.25) is 0 Å². The molecule has 84 valence electrons. The van der Waals surface area contributed by atoms with E-state index in [1.807, 2.05) is 0 Å². The zero-order chi connectivity index (χ0) is 11.0. The first-order valence-electron chi connectivity index (χ1n) is 5.80. The van der Waals surface area contributed by atoms with Crippen molar-refractivity contribution in [3.63, 3.8) is 0 Å². The lowest BCUT2D eigenvalue weighted by atomic mass is 10.0. The van der Waals surface area contributed by atoms with Crippen molar-refractivity contribution in [1.82, 2.24) is 0 Å². The van der Waals surface area contributed by atoms with E-state index in [1.165, 1.54) is 18.4 Å². The average Bonchev–Trinajstić information content (AvgIpc) is 3.07. The normalized spacial score (nSPS) is 24.1. The van der Waals surface area contributed by atoms with Crippen LogP contribution in [-0.2, 0) is 4.84 Å². The molecule has 2 aliphatic rings. The van der Waals surface area contributed by atoms with Gasteiger partial charge in [0, 0.05) is 6.42 Å². The number of rotatable bonds is 3. The highest BCUT2D eigenvalue weighted by Gasteiger charge is 2.24. The molecule has 1 fully saturated rings. The van der Waals surface area contributed by atoms with Crippen LogP contribution in [0.25, 0.3) is 0 Å². The third-order valence-corrected chi connectivity index (χ3v) is 3.23. The van der Waals surface area contributed by atoms with Crippen LogP contribution in [0.5, 0.6) is 0 Å². The lowest BCUT2D eigenvalue weighted by molar-refractivity contribution is 0.0390. The summed E-state index contributed by atoms with van der Waals surface area (Å²) in [6, 6.07) is 8.58. The number of aliphatic hydroxyl groups excluding tert-OH is 1. The highest BCUT2D eigenvalue weighted by atomic mass is 16.6. The Labute approximate surface area is 94.7 Å². The molecule has 1 heterocycles. The van der Waals surface area contributed by atoms with Crippen molar-refractivity contribution in [2.24, 2.45) is 5.16 Å². The molecule has 1 aliphatic heterocycles. The summed E-state index contributed by atoms with van der Waals surface area (Å²) >= 11 is 0. The molecule has 1 aromatic carbocycles. The number of nitrogens with zero attached hydrogens (tertiary/aromatic N) is 1. The van der Waals surface area contributed by atoms with Gasteiger partial charge in [0.05, 0.1) is 12.3 Å². The van der Waals surface area contributed by atoms with Gasteiger partial charge in [0.1, 0.15) is 0 Å². The zero-order valence-electron chi connectivity index (χ0n) is 9.10. The van der Waals surface area contributed by atoms with E-state index in [9.17, 15) is 0 Å². The van der Waals surface area contributed by atoms with Crippen LogP contribution in [0.1, 0.15) is 36.3 Å². The van der Waals surface area contributed by atoms with E-state index < -0.39 is 0 Å². The maximum absolute atomic E-state index is 8.96. The molecule has 16 heavy (non-hydrogen) atoms. The fraction of sp³-hybridized carbons (Fsp3) is 0.462. The van der Waals surface area contributed by atoms with E-state index in [4.69, 9.17) is 9.94 Å². The van der Waals surface area contributed by atoms with Gasteiger partial charge in [-0.25, -0.2) is 0 Å². The second-order valence-corrected chi connectivity index (χ2v) is 4.55. The molecular weight excluding hydrogens is 202 g/mol. The van der Waals surface area contributed by atoms with E-state index in [0.29, 0.717) is 6.42 Å². The fourth-order valence-electron chi connectivity index (χ4n) is 2.06. The Balaban J connectivity index is 1.74. The number of aliphatic hydroxyl groups is 1. The lowest BCUT2D eigenvalue weighted by Gasteiger charge is -2.03. The van der Waals surface area contributed by atoms with Crippen LogP contribution in [0.15, 0.2) is 29.4 Å². The predicted octanol–water partition coefficient (Wildman–Crippen LogP) is 2.05. The topological polar surface area (TPSA) is 41.8 Å². The van der Waals surface area contributed by atoms with Crippen LogP contribution in [0.4, 0.5) is 0 Å². The van der Waals surface area contributed by atoms with Gasteiger partial charge in [-0.15, -0.1) is 0 Å². The summed E-state index contributed by atoms with van der Waals surface area (Å²) < 4.78 is 0. The maximum atomic E-state index is 8.96. The molecule has 3 rings (SSSR count). The number of hydrogen-bond donors (Lipinski definition) is 1. The fourth-order valence-corrected chi connectivity index (χ4v) is 2.06. The summed E-state index contributed by atoms with van der Waals surface area (Å²) in [4.78, 5) is 5.10. The Morgan fingerprint density at radius 2 is 2.00 bits per heavy atom. The van der Waals surface area contributed by atoms with Crippen molar-refractivity contribution >= 4 is 5.71 Å². The van der Waals surface area contributed by atoms with Gasteiger partial charge in [-0.2, -0.15) is 0 Å². The summed E-state index contributed by atoms with van der Waals surface area (Å²) in [7, 11) is 0. The van der Waals surface area contributed by atoms with Gasteiger partial charge in [0.25, 0.3) is 0 Å². The highest BCUT2D eigenvalue weighted by molar-refractivity contribution is 6.01. The molecule has 1 unspecified atom stereocenters. The molecule has 1 atom stereocenters. The summed E-state index contributed by atoms with van der Waals surface area (Å²) in [5.41, 5.74) is 3.49. The van der Waals surface area contributed by atoms with Crippen LogP contribution < -0.4 is 0 Å². The van der Waals surface area contributed by atoms with Crippen LogP contribution in [-0.4, -0.2) is 23.5 Å². The molecule has 3 heteroatoms. The quantitative estimate of drug-likeness (QED) is 0.842. The Hall–Kier alpha value is -1.35. The largest absolute Gasteiger partial charge is 0.392 e. The number of oxime groups is 1. The molecule has 0 saturated heterocycles. The Morgan fingerprint density at radius 1 is 1.25 bits per heavy atom. The lowest BCUT2D eigenvalue weighted by Crippen LogP contribution is -2.12. The van der Waals surface area contributed by atoms with Crippen LogP contribution in [0.3, 0.4) is 0 Å². The van der Waals surface area contributed by atoms with Crippen molar-refractivity contribution in [2.75, 3.05) is 6.61 Å². The molecule has 0 radical (unpaired) electrons. The molecule has 1 saturated carbocycles. The van der Waals surface area contributed by atoms with E-state index in [1.54, 1.807) is 0 Å². The number of hydrogen-bond acceptors (Lipinski definition) is 3. The minimum Gasteiger partial charge on any atom is -0.392 e. The van der Waals surface area contributed by atoms with Gasteiger partial charge in [0.15, 0.2) is 6.10 Å². The minimum absolute atomic E-state index is 0.0349. The predicted molar refractivity (Wildman–Crippen MR) is 61.5 cm³/mol. The molecule has 0 bridgehead atoms. The molecule has 0 spiro atoms. The molecule has 1 aliphatic carbocycles. The molecule has 0 aromatic heterocycles. The van der Waals surface area contributed by atoms with Crippen LogP contribution in [0, 0.1) is 0 Å². The van der Waals surface area contributed by atoms with E-state index in [2.05, 4.69) is 29.4 Å². The molecule has 1 aromatic rings. The highest BCUT2D eigenvalue weighted by Crippen LogP contribution is 2.40. The van der Waals surface area contributed by atoms with Gasteiger partial charge in [-0.3, -0.25) is 0 Å². The van der Waals surface area contributed by atoms with Crippen molar-refractivity contribution in [3.05, 3.63) is 35.4 Å². The van der Waals surface area contributed by atoms with Gasteiger partial charge in [-0.1, -0.05) is 29.4 Å². The zero-order valence-corrected chi connectivity index (χ0v) is 9.10. The maximum Gasteiger partial charge on any atom is 0.156 e. The van der Waals surface area contributed by atoms with Gasteiger partial charge in [0.2, 0.25) is 0 Å². The van der Waals surface area contributed by atoms with Crippen molar-refractivity contribution < 1.29 is 9.94 Å². The molecule has 3 nitrogen and oxygen atoms in total. The smallest absolute Gasteiger partial charge is 0.156 e. The minimum atomic E-state index is -0.155. The van der Waals surface area contributed by atoms with Gasteiger partial charge >= 0.3 is 0 Å². The second-order valence-electron chi connectivity index (χ2n) is 4.55. The van der Waals surface area contributed by atoms with Crippen molar-refractivity contribution in [1.29, 1.82) is 0 Å². The summed E-state index contributed by atoms with van der Waals surface area (Å²) in [6.45, 7) is 0.0349. The van der Waals surface area contributed by atoms with E-state index in [-0.39, 0.29) is 12.7 Å². The average molecular weight is 217 g/mol. The van der Waals surface area contributed by atoms with Gasteiger partial charge < -0.3 is 9.94 Å². The first kappa shape index (κ1) is 9.85. The third kappa shape index (κ3) is 1.83. The molecule has 1 N–H and O–H groups in total. The monoisotopic (exact) mass is 217 g/mol. The summed E-state index contributed by atoms with van der Waals surface area (Å²) in [5, 5.41) is 13.0. The Kier molecular flexibility index (Phi) is 2.40. The van der Waals surface area contributed by atoms with E-state index in [0.717, 1.165) is 17.2 Å². The Bertz CT molecular complexity index is 406. The molecular formula is C13H15NO2. The standard InChI is InChI=1S/C13H15NO2/c15-8-12-7-13(14-16-12)11-5-3-10(4-6-11)9-1-2-9/h3-6,9,12,15H,1-2,7-8H2. The van der Waals surface area contributed by atoms with Crippen molar-refractivity contribution in [3.8, 4) is 0 Å². The first-order chi connectivity index (χ1) is 7.86. The number of benzene rings is 1.